The number of rotatable bonds is 7. The van der Waals surface area contributed by atoms with Crippen molar-refractivity contribution in [2.24, 2.45) is 5.73 Å². The first-order valence-corrected chi connectivity index (χ1v) is 7.46. The molecule has 0 fully saturated rings. The van der Waals surface area contributed by atoms with Crippen molar-refractivity contribution in [1.82, 2.24) is 9.44 Å². The van der Waals surface area contributed by atoms with Crippen LogP contribution in [0.25, 0.3) is 0 Å². The summed E-state index contributed by atoms with van der Waals surface area (Å²) in [7, 11) is -3.44. The number of nitrogens with one attached hydrogen (secondary N) is 2. The van der Waals surface area contributed by atoms with E-state index in [9.17, 15) is 8.42 Å². The van der Waals surface area contributed by atoms with Gasteiger partial charge in [-0.15, -0.1) is 0 Å². The number of nitrogens with two attached hydrogens (primary N) is 1. The topological polar surface area (TPSA) is 84.2 Å². The summed E-state index contributed by atoms with van der Waals surface area (Å²) in [4.78, 5) is 0.295. The van der Waals surface area contributed by atoms with E-state index in [1.54, 1.807) is 18.2 Å². The molecule has 0 bridgehead atoms. The normalized spacial score (nSPS) is 11.4. The van der Waals surface area contributed by atoms with Gasteiger partial charge in [0.15, 0.2) is 0 Å². The van der Waals surface area contributed by atoms with Gasteiger partial charge in [0.25, 0.3) is 10.2 Å². The van der Waals surface area contributed by atoms with Crippen LogP contribution in [0.1, 0.15) is 24.5 Å². The molecule has 0 radical (unpaired) electrons. The van der Waals surface area contributed by atoms with Crippen molar-refractivity contribution in [1.29, 1.82) is 0 Å². The van der Waals surface area contributed by atoms with E-state index in [0.29, 0.717) is 11.5 Å². The molecule has 0 spiro atoms. The molecule has 1 aromatic carbocycles. The summed E-state index contributed by atoms with van der Waals surface area (Å²) in [6.07, 6.45) is 0.748. The fourth-order valence-corrected chi connectivity index (χ4v) is 2.36. The molecule has 0 amide bonds. The number of hydrogen-bond donors (Lipinski definition) is 3. The third-order valence-electron chi connectivity index (χ3n) is 2.22. The van der Waals surface area contributed by atoms with Gasteiger partial charge in [0.05, 0.1) is 0 Å². The fourth-order valence-electron chi connectivity index (χ4n) is 1.30. The van der Waals surface area contributed by atoms with Crippen LogP contribution < -0.4 is 15.2 Å². The number of hydrogen-bond acceptors (Lipinski definition) is 3. The molecule has 18 heavy (non-hydrogen) atoms. The molecule has 0 aliphatic rings. The molecule has 0 aromatic heterocycles. The molecule has 0 aliphatic carbocycles. The second-order valence-electron chi connectivity index (χ2n) is 3.78. The van der Waals surface area contributed by atoms with Gasteiger partial charge in [-0.3, -0.25) is 0 Å². The molecule has 100 valence electrons. The van der Waals surface area contributed by atoms with Crippen molar-refractivity contribution < 1.29 is 8.42 Å². The molecular formula is C11H17N3O2S2. The molecule has 1 aromatic rings. The molecule has 0 saturated heterocycles. The predicted molar refractivity (Wildman–Crippen MR) is 76.4 cm³/mol. The Morgan fingerprint density at radius 3 is 2.72 bits per heavy atom. The van der Waals surface area contributed by atoms with Crippen LogP contribution in [0.4, 0.5) is 0 Å². The Hall–Kier alpha value is -1.02. The van der Waals surface area contributed by atoms with E-state index >= 15 is 0 Å². The SMILES string of the molecule is CCCNS(=O)(=O)NCc1cccc(C(N)=S)c1. The molecule has 5 nitrogen and oxygen atoms in total. The van der Waals surface area contributed by atoms with E-state index < -0.39 is 10.2 Å². The Labute approximate surface area is 113 Å². The molecule has 0 atom stereocenters. The highest BCUT2D eigenvalue weighted by Gasteiger charge is 2.08. The smallest absolute Gasteiger partial charge is 0.277 e. The summed E-state index contributed by atoms with van der Waals surface area (Å²) in [6, 6.07) is 7.15. The molecule has 0 heterocycles. The minimum absolute atomic E-state index is 0.204. The second kappa shape index (κ2) is 6.79. The van der Waals surface area contributed by atoms with E-state index in [-0.39, 0.29) is 6.54 Å². The third-order valence-corrected chi connectivity index (χ3v) is 3.56. The largest absolute Gasteiger partial charge is 0.389 e. The van der Waals surface area contributed by atoms with Crippen LogP contribution in [-0.2, 0) is 16.8 Å². The maximum Gasteiger partial charge on any atom is 0.277 e. The lowest BCUT2D eigenvalue weighted by Crippen LogP contribution is -2.36. The van der Waals surface area contributed by atoms with Gasteiger partial charge in [0.2, 0.25) is 0 Å². The van der Waals surface area contributed by atoms with Gasteiger partial charge in [-0.1, -0.05) is 37.3 Å². The Kier molecular flexibility index (Phi) is 5.67. The highest BCUT2D eigenvalue weighted by atomic mass is 32.2. The first kappa shape index (κ1) is 15.0. The summed E-state index contributed by atoms with van der Waals surface area (Å²) in [5.41, 5.74) is 7.04. The first-order chi connectivity index (χ1) is 8.44. The minimum Gasteiger partial charge on any atom is -0.389 e. The Morgan fingerprint density at radius 2 is 2.11 bits per heavy atom. The number of thiocarbonyl (C=S) groups is 1. The van der Waals surface area contributed by atoms with Gasteiger partial charge >= 0.3 is 0 Å². The predicted octanol–water partition coefficient (Wildman–Crippen LogP) is 0.655. The molecule has 1 rings (SSSR count). The summed E-state index contributed by atoms with van der Waals surface area (Å²) >= 11 is 4.86. The van der Waals surface area contributed by atoms with Gasteiger partial charge < -0.3 is 5.73 Å². The number of benzene rings is 1. The highest BCUT2D eigenvalue weighted by molar-refractivity contribution is 7.87. The van der Waals surface area contributed by atoms with Crippen molar-refractivity contribution in [3.05, 3.63) is 35.4 Å². The van der Waals surface area contributed by atoms with Gasteiger partial charge in [-0.25, -0.2) is 4.72 Å². The van der Waals surface area contributed by atoms with Crippen LogP contribution in [0.15, 0.2) is 24.3 Å². The summed E-state index contributed by atoms with van der Waals surface area (Å²) in [6.45, 7) is 2.52. The quantitative estimate of drug-likeness (QED) is 0.643. The van der Waals surface area contributed by atoms with Crippen LogP contribution in [0, 0.1) is 0 Å². The third kappa shape index (κ3) is 5.09. The zero-order valence-electron chi connectivity index (χ0n) is 10.1. The van der Waals surface area contributed by atoms with Crippen LogP contribution >= 0.6 is 12.2 Å². The summed E-state index contributed by atoms with van der Waals surface area (Å²) in [5, 5.41) is 0. The molecule has 0 saturated carbocycles. The van der Waals surface area contributed by atoms with Crippen molar-refractivity contribution in [2.75, 3.05) is 6.54 Å². The molecule has 0 unspecified atom stereocenters. The van der Waals surface area contributed by atoms with Gasteiger partial charge in [0.1, 0.15) is 4.99 Å². The lowest BCUT2D eigenvalue weighted by Gasteiger charge is -2.08. The Bertz CT molecular complexity index is 515. The Balaban J connectivity index is 2.63. The van der Waals surface area contributed by atoms with Crippen molar-refractivity contribution in [3.8, 4) is 0 Å². The van der Waals surface area contributed by atoms with E-state index in [1.807, 2.05) is 13.0 Å². The van der Waals surface area contributed by atoms with Crippen LogP contribution in [0.5, 0.6) is 0 Å². The van der Waals surface area contributed by atoms with E-state index in [1.165, 1.54) is 0 Å². The maximum atomic E-state index is 11.5. The molecular weight excluding hydrogens is 270 g/mol. The highest BCUT2D eigenvalue weighted by Crippen LogP contribution is 2.05. The van der Waals surface area contributed by atoms with Gasteiger partial charge in [-0.2, -0.15) is 13.1 Å². The molecule has 4 N–H and O–H groups in total. The van der Waals surface area contributed by atoms with Crippen molar-refractivity contribution >= 4 is 27.4 Å². The average Bonchev–Trinajstić information content (AvgIpc) is 2.34. The first-order valence-electron chi connectivity index (χ1n) is 5.57. The minimum atomic E-state index is -3.44. The fraction of sp³-hybridized carbons (Fsp3) is 0.364. The lowest BCUT2D eigenvalue weighted by atomic mass is 10.1. The summed E-state index contributed by atoms with van der Waals surface area (Å²) < 4.78 is 27.9. The van der Waals surface area contributed by atoms with Crippen molar-refractivity contribution in [3.63, 3.8) is 0 Å². The Morgan fingerprint density at radius 1 is 1.39 bits per heavy atom. The summed E-state index contributed by atoms with van der Waals surface area (Å²) in [5.74, 6) is 0. The van der Waals surface area contributed by atoms with Crippen LogP contribution in [0.2, 0.25) is 0 Å². The van der Waals surface area contributed by atoms with Crippen LogP contribution in [0.3, 0.4) is 0 Å². The zero-order valence-corrected chi connectivity index (χ0v) is 11.8. The second-order valence-corrected chi connectivity index (χ2v) is 5.81. The van der Waals surface area contributed by atoms with E-state index in [4.69, 9.17) is 18.0 Å². The zero-order chi connectivity index (χ0) is 13.6. The standard InChI is InChI=1S/C11H17N3O2S2/c1-2-6-13-18(15,16)14-8-9-4-3-5-10(7-9)11(12)17/h3-5,7,13-14H,2,6,8H2,1H3,(H2,12,17). The monoisotopic (exact) mass is 287 g/mol. The molecule has 0 aliphatic heterocycles. The maximum absolute atomic E-state index is 11.5. The molecule has 7 heteroatoms. The van der Waals surface area contributed by atoms with Crippen molar-refractivity contribution in [2.45, 2.75) is 19.9 Å². The van der Waals surface area contributed by atoms with Gasteiger partial charge in [-0.05, 0) is 18.1 Å². The van der Waals surface area contributed by atoms with E-state index in [0.717, 1.165) is 17.5 Å². The lowest BCUT2D eigenvalue weighted by molar-refractivity contribution is 0.565. The average molecular weight is 287 g/mol. The van der Waals surface area contributed by atoms with Crippen LogP contribution in [-0.4, -0.2) is 20.0 Å². The van der Waals surface area contributed by atoms with E-state index in [2.05, 4.69) is 9.44 Å². The van der Waals surface area contributed by atoms with Gasteiger partial charge in [0, 0.05) is 18.7 Å².